The summed E-state index contributed by atoms with van der Waals surface area (Å²) in [6.07, 6.45) is 3.77. The van der Waals surface area contributed by atoms with Gasteiger partial charge in [0.2, 0.25) is 5.89 Å². The molecule has 0 bridgehead atoms. The van der Waals surface area contributed by atoms with Crippen molar-refractivity contribution in [2.75, 3.05) is 13.1 Å². The third-order valence-corrected chi connectivity index (χ3v) is 5.65. The normalized spacial score (nSPS) is 29.7. The van der Waals surface area contributed by atoms with E-state index in [0.717, 1.165) is 30.4 Å². The van der Waals surface area contributed by atoms with E-state index in [1.807, 2.05) is 17.5 Å². The van der Waals surface area contributed by atoms with Gasteiger partial charge in [0.05, 0.1) is 11.4 Å². The van der Waals surface area contributed by atoms with Crippen LogP contribution in [0.15, 0.2) is 21.9 Å². The number of hydrogen-bond acceptors (Lipinski definition) is 6. The van der Waals surface area contributed by atoms with Crippen LogP contribution < -0.4 is 5.73 Å². The molecule has 2 aliphatic rings. The van der Waals surface area contributed by atoms with Crippen LogP contribution in [-0.4, -0.2) is 34.2 Å². The number of thiophene rings is 1. The van der Waals surface area contributed by atoms with Crippen LogP contribution in [0.25, 0.3) is 10.8 Å². The van der Waals surface area contributed by atoms with E-state index < -0.39 is 0 Å². The van der Waals surface area contributed by atoms with Gasteiger partial charge < -0.3 is 10.2 Å². The topological polar surface area (TPSA) is 68.2 Å². The highest BCUT2D eigenvalue weighted by Gasteiger charge is 2.38. The van der Waals surface area contributed by atoms with Gasteiger partial charge in [-0.15, -0.1) is 21.5 Å². The van der Waals surface area contributed by atoms with Crippen LogP contribution >= 0.6 is 11.3 Å². The van der Waals surface area contributed by atoms with Gasteiger partial charge >= 0.3 is 0 Å². The van der Waals surface area contributed by atoms with Crippen LogP contribution in [0.3, 0.4) is 0 Å². The van der Waals surface area contributed by atoms with E-state index in [1.165, 1.54) is 19.3 Å². The van der Waals surface area contributed by atoms with Gasteiger partial charge in [-0.1, -0.05) is 12.5 Å². The minimum atomic E-state index is 0.373. The van der Waals surface area contributed by atoms with Gasteiger partial charge in [-0.3, -0.25) is 4.90 Å². The fourth-order valence-corrected chi connectivity index (χ4v) is 4.39. The summed E-state index contributed by atoms with van der Waals surface area (Å²) in [7, 11) is 0. The van der Waals surface area contributed by atoms with E-state index in [4.69, 9.17) is 10.2 Å². The van der Waals surface area contributed by atoms with Crippen LogP contribution in [0.5, 0.6) is 0 Å². The van der Waals surface area contributed by atoms with Crippen molar-refractivity contribution in [1.29, 1.82) is 0 Å². The van der Waals surface area contributed by atoms with Gasteiger partial charge in [-0.05, 0) is 36.1 Å². The lowest BCUT2D eigenvalue weighted by Crippen LogP contribution is -2.38. The molecule has 0 amide bonds. The van der Waals surface area contributed by atoms with Crippen LogP contribution in [0.2, 0.25) is 0 Å². The van der Waals surface area contributed by atoms with Gasteiger partial charge in [-0.25, -0.2) is 0 Å². The first-order chi connectivity index (χ1) is 10.3. The fraction of sp³-hybridized carbons (Fsp3) is 0.600. The minimum absolute atomic E-state index is 0.373. The minimum Gasteiger partial charge on any atom is -0.419 e. The second-order valence-electron chi connectivity index (χ2n) is 6.19. The van der Waals surface area contributed by atoms with E-state index in [-0.39, 0.29) is 0 Å². The average Bonchev–Trinajstić information content (AvgIpc) is 3.18. The lowest BCUT2D eigenvalue weighted by molar-refractivity contribution is 0.258. The molecular formula is C15H20N4OS. The molecule has 5 nitrogen and oxygen atoms in total. The third-order valence-electron chi connectivity index (χ3n) is 4.79. The van der Waals surface area contributed by atoms with Gasteiger partial charge in [-0.2, -0.15) is 0 Å². The number of rotatable bonds is 3. The summed E-state index contributed by atoms with van der Waals surface area (Å²) in [6, 6.07) is 4.38. The van der Waals surface area contributed by atoms with E-state index >= 15 is 0 Å². The van der Waals surface area contributed by atoms with Crippen molar-refractivity contribution in [2.24, 2.45) is 17.6 Å². The van der Waals surface area contributed by atoms with E-state index in [0.29, 0.717) is 23.7 Å². The molecule has 112 valence electrons. The van der Waals surface area contributed by atoms with Crippen molar-refractivity contribution < 1.29 is 4.42 Å². The Bertz CT molecular complexity index is 597. The Kier molecular flexibility index (Phi) is 3.52. The van der Waals surface area contributed by atoms with Gasteiger partial charge in [0.15, 0.2) is 0 Å². The lowest BCUT2D eigenvalue weighted by Gasteiger charge is -2.29. The number of hydrogen-bond donors (Lipinski definition) is 1. The van der Waals surface area contributed by atoms with Crippen LogP contribution in [0, 0.1) is 11.8 Å². The van der Waals surface area contributed by atoms with E-state index in [1.54, 1.807) is 11.3 Å². The number of nitrogens with two attached hydrogens (primary N) is 1. The third kappa shape index (κ3) is 2.63. The summed E-state index contributed by atoms with van der Waals surface area (Å²) in [4.78, 5) is 3.46. The smallest absolute Gasteiger partial charge is 0.257 e. The van der Waals surface area contributed by atoms with Gasteiger partial charge in [0, 0.05) is 19.1 Å². The Morgan fingerprint density at radius 1 is 1.33 bits per heavy atom. The highest BCUT2D eigenvalue weighted by molar-refractivity contribution is 7.13. The van der Waals surface area contributed by atoms with Crippen LogP contribution in [0.4, 0.5) is 0 Å². The quantitative estimate of drug-likeness (QED) is 0.942. The molecule has 0 aromatic carbocycles. The second kappa shape index (κ2) is 5.51. The monoisotopic (exact) mass is 304 g/mol. The Hall–Kier alpha value is -1.24. The number of likely N-dealkylation sites (tertiary alicyclic amines) is 1. The van der Waals surface area contributed by atoms with Gasteiger partial charge in [0.1, 0.15) is 0 Å². The first kappa shape index (κ1) is 13.4. The molecule has 3 heterocycles. The molecule has 2 N–H and O–H groups in total. The maximum atomic E-state index is 6.27. The molecule has 1 saturated carbocycles. The SMILES string of the molecule is NC1CCCC2CN(Cc3nnc(-c4cccs4)o3)CC12. The van der Waals surface area contributed by atoms with Crippen LogP contribution in [0.1, 0.15) is 25.2 Å². The summed E-state index contributed by atoms with van der Waals surface area (Å²) in [6.45, 7) is 2.94. The predicted octanol–water partition coefficient (Wildman–Crippen LogP) is 2.36. The van der Waals surface area contributed by atoms with Crippen molar-refractivity contribution in [3.8, 4) is 10.8 Å². The van der Waals surface area contributed by atoms with E-state index in [9.17, 15) is 0 Å². The maximum absolute atomic E-state index is 6.27. The molecule has 1 saturated heterocycles. The largest absolute Gasteiger partial charge is 0.419 e. The zero-order valence-electron chi connectivity index (χ0n) is 11.9. The molecule has 2 fully saturated rings. The Morgan fingerprint density at radius 2 is 2.29 bits per heavy atom. The standard InChI is InChI=1S/C15H20N4OS/c16-12-4-1-3-10-7-19(8-11(10)12)9-14-17-18-15(20-14)13-5-2-6-21-13/h2,5-6,10-12H,1,3-4,7-9,16H2. The molecule has 2 aromatic rings. The first-order valence-electron chi connectivity index (χ1n) is 7.64. The Labute approximate surface area is 128 Å². The van der Waals surface area contributed by atoms with E-state index in [2.05, 4.69) is 15.1 Å². The molecule has 0 spiro atoms. The van der Waals surface area contributed by atoms with Crippen molar-refractivity contribution in [2.45, 2.75) is 31.8 Å². The summed E-state index contributed by atoms with van der Waals surface area (Å²) in [5, 5.41) is 10.4. The molecule has 4 rings (SSSR count). The predicted molar refractivity (Wildman–Crippen MR) is 81.7 cm³/mol. The molecule has 6 heteroatoms. The molecule has 1 aliphatic carbocycles. The molecule has 2 aromatic heterocycles. The number of fused-ring (bicyclic) bond motifs is 1. The lowest BCUT2D eigenvalue weighted by atomic mass is 9.78. The Balaban J connectivity index is 1.43. The zero-order valence-corrected chi connectivity index (χ0v) is 12.8. The fourth-order valence-electron chi connectivity index (χ4n) is 3.75. The average molecular weight is 304 g/mol. The van der Waals surface area contributed by atoms with Gasteiger partial charge in [0.25, 0.3) is 5.89 Å². The summed E-state index contributed by atoms with van der Waals surface area (Å²) >= 11 is 1.62. The van der Waals surface area contributed by atoms with Crippen molar-refractivity contribution in [3.05, 3.63) is 23.4 Å². The molecule has 3 unspecified atom stereocenters. The second-order valence-corrected chi connectivity index (χ2v) is 7.14. The highest BCUT2D eigenvalue weighted by Crippen LogP contribution is 2.36. The molecular weight excluding hydrogens is 284 g/mol. The molecule has 21 heavy (non-hydrogen) atoms. The van der Waals surface area contributed by atoms with Crippen molar-refractivity contribution in [1.82, 2.24) is 15.1 Å². The number of nitrogens with zero attached hydrogens (tertiary/aromatic N) is 3. The van der Waals surface area contributed by atoms with Crippen molar-refractivity contribution >= 4 is 11.3 Å². The Morgan fingerprint density at radius 3 is 3.10 bits per heavy atom. The van der Waals surface area contributed by atoms with Crippen LogP contribution in [-0.2, 0) is 6.54 Å². The maximum Gasteiger partial charge on any atom is 0.257 e. The summed E-state index contributed by atoms with van der Waals surface area (Å²) in [5.41, 5.74) is 6.27. The molecule has 3 atom stereocenters. The summed E-state index contributed by atoms with van der Waals surface area (Å²) in [5.74, 6) is 2.76. The first-order valence-corrected chi connectivity index (χ1v) is 8.52. The van der Waals surface area contributed by atoms with Crippen molar-refractivity contribution in [3.63, 3.8) is 0 Å². The molecule has 0 radical (unpaired) electrons. The summed E-state index contributed by atoms with van der Waals surface area (Å²) < 4.78 is 5.79. The zero-order chi connectivity index (χ0) is 14.2. The molecule has 1 aliphatic heterocycles. The number of aromatic nitrogens is 2. The highest BCUT2D eigenvalue weighted by atomic mass is 32.1.